The Morgan fingerprint density at radius 3 is 2.25 bits per heavy atom. The lowest BCUT2D eigenvalue weighted by Gasteiger charge is -2.13. The average molecular weight is 437 g/mol. The van der Waals surface area contributed by atoms with Crippen LogP contribution in [0.1, 0.15) is 87.7 Å². The highest BCUT2D eigenvalue weighted by Gasteiger charge is 2.18. The zero-order valence-electron chi connectivity index (χ0n) is 19.6. The smallest absolute Gasteiger partial charge is 0.312 e. The molecule has 0 saturated heterocycles. The highest BCUT2D eigenvalue weighted by Crippen LogP contribution is 2.17. The second-order valence-corrected chi connectivity index (χ2v) is 8.63. The zero-order chi connectivity index (χ0) is 22.9. The lowest BCUT2D eigenvalue weighted by molar-refractivity contribution is -0.138. The molecule has 0 bridgehead atoms. The third kappa shape index (κ3) is 10.7. The molecular formula is C28H40N2O2. The Bertz CT molecular complexity index is 762. The van der Waals surface area contributed by atoms with Crippen molar-refractivity contribution in [2.24, 2.45) is 0 Å². The maximum absolute atomic E-state index is 11.5. The molecule has 0 saturated carbocycles. The SMILES string of the molecule is CC(/C=C\CCCCCCCCCCNC[C@@H](C(=O)O)c1ccccc1)c1cccnc1. The zero-order valence-corrected chi connectivity index (χ0v) is 19.6. The summed E-state index contributed by atoms with van der Waals surface area (Å²) in [5.41, 5.74) is 2.14. The Kier molecular flexibility index (Phi) is 13.1. The first kappa shape index (κ1) is 25.8. The van der Waals surface area contributed by atoms with Crippen LogP contribution in [0.4, 0.5) is 0 Å². The number of benzene rings is 1. The molecule has 0 aliphatic rings. The van der Waals surface area contributed by atoms with E-state index < -0.39 is 11.9 Å². The van der Waals surface area contributed by atoms with Crippen molar-refractivity contribution in [3.8, 4) is 0 Å². The molecule has 0 aliphatic heterocycles. The van der Waals surface area contributed by atoms with Crippen LogP contribution in [0, 0.1) is 0 Å². The van der Waals surface area contributed by atoms with E-state index in [-0.39, 0.29) is 0 Å². The van der Waals surface area contributed by atoms with Gasteiger partial charge in [0, 0.05) is 24.9 Å². The maximum atomic E-state index is 11.5. The van der Waals surface area contributed by atoms with Gasteiger partial charge in [-0.05, 0) is 43.0 Å². The topological polar surface area (TPSA) is 62.2 Å². The number of unbranched alkanes of at least 4 members (excludes halogenated alkanes) is 8. The predicted octanol–water partition coefficient (Wildman–Crippen LogP) is 6.71. The number of carboxylic acid groups (broad SMARTS) is 1. The van der Waals surface area contributed by atoms with Gasteiger partial charge in [0.15, 0.2) is 0 Å². The highest BCUT2D eigenvalue weighted by atomic mass is 16.4. The van der Waals surface area contributed by atoms with E-state index in [1.165, 1.54) is 50.5 Å². The fraction of sp³-hybridized carbons (Fsp3) is 0.500. The second-order valence-electron chi connectivity index (χ2n) is 8.63. The molecule has 0 aliphatic carbocycles. The molecule has 32 heavy (non-hydrogen) atoms. The van der Waals surface area contributed by atoms with Crippen molar-refractivity contribution < 1.29 is 9.90 Å². The summed E-state index contributed by atoms with van der Waals surface area (Å²) >= 11 is 0. The van der Waals surface area contributed by atoms with Crippen molar-refractivity contribution in [2.75, 3.05) is 13.1 Å². The molecule has 1 aromatic carbocycles. The van der Waals surface area contributed by atoms with Crippen LogP contribution >= 0.6 is 0 Å². The Balaban J connectivity index is 1.40. The molecule has 0 radical (unpaired) electrons. The number of hydrogen-bond acceptors (Lipinski definition) is 3. The van der Waals surface area contributed by atoms with Crippen molar-refractivity contribution in [1.29, 1.82) is 0 Å². The molecule has 1 heterocycles. The van der Waals surface area contributed by atoms with E-state index in [1.807, 2.05) is 48.8 Å². The van der Waals surface area contributed by atoms with Gasteiger partial charge in [0.1, 0.15) is 0 Å². The molecule has 4 heteroatoms. The largest absolute Gasteiger partial charge is 0.481 e. The summed E-state index contributed by atoms with van der Waals surface area (Å²) < 4.78 is 0. The van der Waals surface area contributed by atoms with E-state index in [1.54, 1.807) is 0 Å². The molecule has 2 aromatic rings. The number of carboxylic acids is 1. The Morgan fingerprint density at radius 2 is 1.59 bits per heavy atom. The first-order valence-corrected chi connectivity index (χ1v) is 12.2. The summed E-state index contributed by atoms with van der Waals surface area (Å²) in [6.45, 7) is 3.60. The minimum Gasteiger partial charge on any atom is -0.481 e. The quantitative estimate of drug-likeness (QED) is 0.214. The molecular weight excluding hydrogens is 396 g/mol. The molecule has 0 spiro atoms. The molecule has 174 valence electrons. The van der Waals surface area contributed by atoms with Crippen LogP contribution in [0.2, 0.25) is 0 Å². The third-order valence-electron chi connectivity index (χ3n) is 5.96. The Labute approximate surface area is 194 Å². The van der Waals surface area contributed by atoms with Gasteiger partial charge < -0.3 is 10.4 Å². The van der Waals surface area contributed by atoms with E-state index >= 15 is 0 Å². The molecule has 2 atom stereocenters. The van der Waals surface area contributed by atoms with Crippen LogP contribution in [-0.2, 0) is 4.79 Å². The summed E-state index contributed by atoms with van der Waals surface area (Å²) in [7, 11) is 0. The Morgan fingerprint density at radius 1 is 0.938 bits per heavy atom. The van der Waals surface area contributed by atoms with Gasteiger partial charge in [0.25, 0.3) is 0 Å². The van der Waals surface area contributed by atoms with Gasteiger partial charge in [0.2, 0.25) is 0 Å². The van der Waals surface area contributed by atoms with E-state index in [2.05, 4.69) is 35.4 Å². The number of nitrogens with zero attached hydrogens (tertiary/aromatic N) is 1. The van der Waals surface area contributed by atoms with Crippen molar-refractivity contribution in [2.45, 2.75) is 76.5 Å². The van der Waals surface area contributed by atoms with Gasteiger partial charge in [-0.15, -0.1) is 0 Å². The Hall–Kier alpha value is -2.46. The van der Waals surface area contributed by atoms with Crippen molar-refractivity contribution in [3.05, 3.63) is 78.1 Å². The first-order valence-electron chi connectivity index (χ1n) is 12.2. The lowest BCUT2D eigenvalue weighted by Crippen LogP contribution is -2.27. The van der Waals surface area contributed by atoms with Crippen molar-refractivity contribution in [3.63, 3.8) is 0 Å². The van der Waals surface area contributed by atoms with E-state index in [0.717, 1.165) is 24.9 Å². The summed E-state index contributed by atoms with van der Waals surface area (Å²) in [4.78, 5) is 15.7. The molecule has 1 unspecified atom stereocenters. The number of hydrogen-bond donors (Lipinski definition) is 2. The monoisotopic (exact) mass is 436 g/mol. The number of nitrogens with one attached hydrogen (secondary N) is 1. The third-order valence-corrected chi connectivity index (χ3v) is 5.96. The fourth-order valence-corrected chi connectivity index (χ4v) is 3.91. The first-order chi connectivity index (χ1) is 15.7. The minimum atomic E-state index is -0.762. The number of aromatic nitrogens is 1. The van der Waals surface area contributed by atoms with Gasteiger partial charge in [-0.3, -0.25) is 9.78 Å². The maximum Gasteiger partial charge on any atom is 0.312 e. The summed E-state index contributed by atoms with van der Waals surface area (Å²) in [5.74, 6) is -0.793. The van der Waals surface area contributed by atoms with Crippen LogP contribution in [0.25, 0.3) is 0 Å². The van der Waals surface area contributed by atoms with Crippen molar-refractivity contribution in [1.82, 2.24) is 10.3 Å². The molecule has 2 rings (SSSR count). The summed E-state index contributed by atoms with van der Waals surface area (Å²) in [6, 6.07) is 13.6. The van der Waals surface area contributed by atoms with E-state index in [4.69, 9.17) is 0 Å². The van der Waals surface area contributed by atoms with E-state index in [9.17, 15) is 9.90 Å². The molecule has 0 fully saturated rings. The van der Waals surface area contributed by atoms with Gasteiger partial charge >= 0.3 is 5.97 Å². The number of carbonyl (C=O) groups is 1. The number of pyridine rings is 1. The lowest BCUT2D eigenvalue weighted by atomic mass is 9.99. The molecule has 4 nitrogen and oxygen atoms in total. The molecule has 0 amide bonds. The average Bonchev–Trinajstić information content (AvgIpc) is 2.82. The van der Waals surface area contributed by atoms with Crippen molar-refractivity contribution >= 4 is 5.97 Å². The molecule has 2 N–H and O–H groups in total. The summed E-state index contributed by atoms with van der Waals surface area (Å²) in [6.07, 6.45) is 19.7. The highest BCUT2D eigenvalue weighted by molar-refractivity contribution is 5.76. The van der Waals surface area contributed by atoms with Crippen LogP contribution in [0.5, 0.6) is 0 Å². The van der Waals surface area contributed by atoms with Crippen LogP contribution < -0.4 is 5.32 Å². The van der Waals surface area contributed by atoms with Gasteiger partial charge in [0.05, 0.1) is 5.92 Å². The number of rotatable bonds is 17. The summed E-state index contributed by atoms with van der Waals surface area (Å²) in [5, 5.41) is 12.8. The van der Waals surface area contributed by atoms with Gasteiger partial charge in [-0.1, -0.05) is 94.0 Å². The van der Waals surface area contributed by atoms with Crippen LogP contribution in [0.15, 0.2) is 67.0 Å². The second kappa shape index (κ2) is 16.2. The normalized spacial score (nSPS) is 13.3. The minimum absolute atomic E-state index is 0.437. The van der Waals surface area contributed by atoms with Gasteiger partial charge in [-0.25, -0.2) is 0 Å². The van der Waals surface area contributed by atoms with Crippen LogP contribution in [0.3, 0.4) is 0 Å². The van der Waals surface area contributed by atoms with Gasteiger partial charge in [-0.2, -0.15) is 0 Å². The fourth-order valence-electron chi connectivity index (χ4n) is 3.91. The number of aliphatic carboxylic acids is 1. The standard InChI is InChI=1S/C28H40N2O2/c1-24(26-19-15-21-29-22-26)16-11-8-6-4-2-3-5-7-9-14-20-30-23-27(28(31)32)25-17-12-10-13-18-25/h10-13,15-19,21-22,24,27,30H,2-9,14,20,23H2,1H3,(H,31,32)/b16-11-/t24?,27-/m1/s1. The predicted molar refractivity (Wildman–Crippen MR) is 133 cm³/mol. The number of allylic oxidation sites excluding steroid dienone is 2. The van der Waals surface area contributed by atoms with E-state index in [0.29, 0.717) is 12.5 Å². The molecule has 1 aromatic heterocycles. The van der Waals surface area contributed by atoms with Crippen LogP contribution in [-0.4, -0.2) is 29.1 Å².